The molecular weight excluding hydrogens is 200 g/mol. The summed E-state index contributed by atoms with van der Waals surface area (Å²) < 4.78 is 0. The Balaban J connectivity index is 1.81. The number of nitrogens with one attached hydrogen (secondary N) is 1. The van der Waals surface area contributed by atoms with Crippen LogP contribution >= 0.6 is 0 Å². The van der Waals surface area contributed by atoms with Crippen LogP contribution in [-0.4, -0.2) is 29.6 Å². The third-order valence-corrected chi connectivity index (χ3v) is 3.97. The molecule has 1 heterocycles. The highest BCUT2D eigenvalue weighted by atomic mass is 16.2. The Bertz CT molecular complexity index is 246. The summed E-state index contributed by atoms with van der Waals surface area (Å²) in [5, 5.41) is 3.12. The van der Waals surface area contributed by atoms with E-state index in [0.29, 0.717) is 12.1 Å². The number of urea groups is 1. The quantitative estimate of drug-likeness (QED) is 0.785. The van der Waals surface area contributed by atoms with E-state index in [0.717, 1.165) is 12.5 Å². The van der Waals surface area contributed by atoms with Crippen LogP contribution in [-0.2, 0) is 0 Å². The molecule has 2 rings (SSSR count). The monoisotopic (exact) mass is 224 g/mol. The highest BCUT2D eigenvalue weighted by Crippen LogP contribution is 2.28. The Labute approximate surface area is 98.6 Å². The Morgan fingerprint density at radius 1 is 1.31 bits per heavy atom. The van der Waals surface area contributed by atoms with Crippen LogP contribution in [0.3, 0.4) is 0 Å². The Morgan fingerprint density at radius 3 is 2.56 bits per heavy atom. The normalized spacial score (nSPS) is 27.6. The first-order valence-corrected chi connectivity index (χ1v) is 6.74. The molecule has 2 amide bonds. The van der Waals surface area contributed by atoms with Crippen molar-refractivity contribution >= 4 is 6.03 Å². The van der Waals surface area contributed by atoms with Gasteiger partial charge in [-0.1, -0.05) is 32.1 Å². The first-order valence-electron chi connectivity index (χ1n) is 6.74. The van der Waals surface area contributed by atoms with Crippen LogP contribution < -0.4 is 5.32 Å². The van der Waals surface area contributed by atoms with E-state index in [4.69, 9.17) is 0 Å². The minimum atomic E-state index is 0.135. The molecule has 1 aliphatic heterocycles. The fourth-order valence-corrected chi connectivity index (χ4v) is 3.03. The minimum Gasteiger partial charge on any atom is -0.333 e. The first kappa shape index (κ1) is 11.7. The third kappa shape index (κ3) is 2.69. The van der Waals surface area contributed by atoms with E-state index in [9.17, 15) is 4.79 Å². The molecule has 1 atom stereocenters. The molecular formula is C13H24N2O. The van der Waals surface area contributed by atoms with E-state index in [-0.39, 0.29) is 6.03 Å². The number of hydrogen-bond acceptors (Lipinski definition) is 1. The molecule has 1 aliphatic carbocycles. The Kier molecular flexibility index (Phi) is 3.72. The van der Waals surface area contributed by atoms with Crippen LogP contribution in [0.25, 0.3) is 0 Å². The van der Waals surface area contributed by atoms with Crippen LogP contribution in [0.2, 0.25) is 0 Å². The lowest BCUT2D eigenvalue weighted by Crippen LogP contribution is -2.33. The van der Waals surface area contributed by atoms with Crippen LogP contribution in [0.5, 0.6) is 0 Å². The van der Waals surface area contributed by atoms with Gasteiger partial charge in [0.25, 0.3) is 0 Å². The zero-order chi connectivity index (χ0) is 11.5. The SMILES string of the molecule is CC(C)N1CC(CC2CCCCC2)NC1=O. The molecule has 1 saturated carbocycles. The molecule has 1 unspecified atom stereocenters. The molecule has 1 N–H and O–H groups in total. The number of hydrogen-bond donors (Lipinski definition) is 1. The molecule has 0 radical (unpaired) electrons. The summed E-state index contributed by atoms with van der Waals surface area (Å²) in [6.45, 7) is 5.08. The second-order valence-electron chi connectivity index (χ2n) is 5.63. The van der Waals surface area contributed by atoms with Gasteiger partial charge in [-0.05, 0) is 26.2 Å². The average Bonchev–Trinajstić information content (AvgIpc) is 2.61. The maximum absolute atomic E-state index is 11.7. The fourth-order valence-electron chi connectivity index (χ4n) is 3.03. The summed E-state index contributed by atoms with van der Waals surface area (Å²) in [6.07, 6.45) is 8.11. The van der Waals surface area contributed by atoms with Gasteiger partial charge in [0.2, 0.25) is 0 Å². The topological polar surface area (TPSA) is 32.3 Å². The van der Waals surface area contributed by atoms with Crippen LogP contribution in [0.15, 0.2) is 0 Å². The summed E-state index contributed by atoms with van der Waals surface area (Å²) in [5.74, 6) is 0.853. The minimum absolute atomic E-state index is 0.135. The summed E-state index contributed by atoms with van der Waals surface area (Å²) in [5.41, 5.74) is 0. The average molecular weight is 224 g/mol. The molecule has 0 aromatic heterocycles. The molecule has 16 heavy (non-hydrogen) atoms. The number of carbonyl (C=O) groups is 1. The zero-order valence-electron chi connectivity index (χ0n) is 10.5. The lowest BCUT2D eigenvalue weighted by atomic mass is 9.85. The van der Waals surface area contributed by atoms with Gasteiger partial charge in [-0.2, -0.15) is 0 Å². The Morgan fingerprint density at radius 2 is 2.00 bits per heavy atom. The van der Waals surface area contributed by atoms with Crippen molar-refractivity contribution in [2.24, 2.45) is 5.92 Å². The van der Waals surface area contributed by atoms with Gasteiger partial charge in [0.05, 0.1) is 0 Å². The maximum Gasteiger partial charge on any atom is 0.317 e. The van der Waals surface area contributed by atoms with Crippen molar-refractivity contribution in [1.82, 2.24) is 10.2 Å². The van der Waals surface area contributed by atoms with E-state index in [1.165, 1.54) is 38.5 Å². The van der Waals surface area contributed by atoms with Crippen molar-refractivity contribution in [2.45, 2.75) is 64.5 Å². The molecule has 2 aliphatic rings. The second kappa shape index (κ2) is 5.07. The molecule has 0 spiro atoms. The van der Waals surface area contributed by atoms with Crippen molar-refractivity contribution in [3.8, 4) is 0 Å². The van der Waals surface area contributed by atoms with Crippen molar-refractivity contribution in [1.29, 1.82) is 0 Å². The number of nitrogens with zero attached hydrogens (tertiary/aromatic N) is 1. The summed E-state index contributed by atoms with van der Waals surface area (Å²) in [4.78, 5) is 13.6. The number of amides is 2. The Hall–Kier alpha value is -0.730. The van der Waals surface area contributed by atoms with E-state index < -0.39 is 0 Å². The first-order chi connectivity index (χ1) is 7.66. The van der Waals surface area contributed by atoms with Crippen molar-refractivity contribution in [2.75, 3.05) is 6.54 Å². The van der Waals surface area contributed by atoms with Crippen molar-refractivity contribution in [3.63, 3.8) is 0 Å². The number of carbonyl (C=O) groups excluding carboxylic acids is 1. The fraction of sp³-hybridized carbons (Fsp3) is 0.923. The molecule has 0 aromatic carbocycles. The lowest BCUT2D eigenvalue weighted by Gasteiger charge is -2.24. The molecule has 2 fully saturated rings. The summed E-state index contributed by atoms with van der Waals surface area (Å²) >= 11 is 0. The van der Waals surface area contributed by atoms with Crippen LogP contribution in [0, 0.1) is 5.92 Å². The third-order valence-electron chi connectivity index (χ3n) is 3.97. The van der Waals surface area contributed by atoms with Crippen LogP contribution in [0.1, 0.15) is 52.4 Å². The van der Waals surface area contributed by atoms with Gasteiger partial charge in [0.15, 0.2) is 0 Å². The smallest absolute Gasteiger partial charge is 0.317 e. The van der Waals surface area contributed by atoms with E-state index in [1.54, 1.807) is 0 Å². The molecule has 0 aromatic rings. The molecule has 92 valence electrons. The zero-order valence-corrected chi connectivity index (χ0v) is 10.5. The largest absolute Gasteiger partial charge is 0.333 e. The van der Waals surface area contributed by atoms with Gasteiger partial charge in [-0.25, -0.2) is 4.79 Å². The summed E-state index contributed by atoms with van der Waals surface area (Å²) in [6, 6.07) is 0.866. The highest BCUT2D eigenvalue weighted by Gasteiger charge is 2.31. The van der Waals surface area contributed by atoms with Gasteiger partial charge < -0.3 is 10.2 Å². The predicted octanol–water partition coefficient (Wildman–Crippen LogP) is 2.76. The standard InChI is InChI=1S/C13H24N2O/c1-10(2)15-9-12(14-13(15)16)8-11-6-4-3-5-7-11/h10-12H,3-9H2,1-2H3,(H,14,16). The van der Waals surface area contributed by atoms with E-state index >= 15 is 0 Å². The van der Waals surface area contributed by atoms with Crippen molar-refractivity contribution in [3.05, 3.63) is 0 Å². The predicted molar refractivity (Wildman–Crippen MR) is 65.4 cm³/mol. The van der Waals surface area contributed by atoms with Gasteiger partial charge in [-0.3, -0.25) is 0 Å². The van der Waals surface area contributed by atoms with E-state index in [1.807, 2.05) is 4.90 Å². The summed E-state index contributed by atoms with van der Waals surface area (Å²) in [7, 11) is 0. The van der Waals surface area contributed by atoms with Gasteiger partial charge in [-0.15, -0.1) is 0 Å². The number of rotatable bonds is 3. The lowest BCUT2D eigenvalue weighted by molar-refractivity contribution is 0.205. The van der Waals surface area contributed by atoms with Gasteiger partial charge in [0.1, 0.15) is 0 Å². The molecule has 0 bridgehead atoms. The van der Waals surface area contributed by atoms with Crippen molar-refractivity contribution < 1.29 is 4.79 Å². The molecule has 1 saturated heterocycles. The second-order valence-corrected chi connectivity index (χ2v) is 5.63. The van der Waals surface area contributed by atoms with E-state index in [2.05, 4.69) is 19.2 Å². The maximum atomic E-state index is 11.7. The van der Waals surface area contributed by atoms with Crippen LogP contribution in [0.4, 0.5) is 4.79 Å². The highest BCUT2D eigenvalue weighted by molar-refractivity contribution is 5.77. The molecule has 3 nitrogen and oxygen atoms in total. The molecule has 3 heteroatoms. The van der Waals surface area contributed by atoms with Gasteiger partial charge >= 0.3 is 6.03 Å². The van der Waals surface area contributed by atoms with Gasteiger partial charge in [0, 0.05) is 18.6 Å².